The van der Waals surface area contributed by atoms with Crippen molar-refractivity contribution in [3.63, 3.8) is 0 Å². The van der Waals surface area contributed by atoms with Crippen LogP contribution in [0.1, 0.15) is 98.6 Å². The molecule has 3 aromatic carbocycles. The molecule has 2 heterocycles. The van der Waals surface area contributed by atoms with E-state index in [1.807, 2.05) is 88.4 Å². The van der Waals surface area contributed by atoms with Crippen LogP contribution in [0, 0.1) is 0 Å². The lowest BCUT2D eigenvalue weighted by Gasteiger charge is -2.23. The third-order valence-corrected chi connectivity index (χ3v) is 11.4. The lowest BCUT2D eigenvalue weighted by molar-refractivity contribution is -0.139. The summed E-state index contributed by atoms with van der Waals surface area (Å²) in [6.45, 7) is 12.1. The standard InChI is InChI=1S/C40H43N3O6S/c1-23(2)26-18-33(24(3)4)37(34(19-26)25(5)6)50(47,48)43-21-27(28-16-11-17-41-38(28)43)20-36(39(44)45)42-40(46)49-22-35-31-14-9-7-12-29(31)30-13-8-10-15-32(30)35/h7-19,21,23-25,35-36H,20,22H2,1-6H3,(H,42,46)(H,44,45)/t36-/m0/s1. The number of pyridine rings is 1. The lowest BCUT2D eigenvalue weighted by atomic mass is 9.89. The zero-order chi connectivity index (χ0) is 35.9. The Hall–Kier alpha value is -4.96. The first-order valence-electron chi connectivity index (χ1n) is 17.0. The van der Waals surface area contributed by atoms with Crippen LogP contribution in [0.4, 0.5) is 4.79 Å². The fourth-order valence-corrected chi connectivity index (χ4v) is 8.95. The molecule has 0 spiro atoms. The van der Waals surface area contributed by atoms with Gasteiger partial charge in [0.25, 0.3) is 10.0 Å². The molecule has 5 aromatic rings. The van der Waals surface area contributed by atoms with Crippen LogP contribution in [-0.4, -0.2) is 47.2 Å². The third kappa shape index (κ3) is 6.40. The zero-order valence-electron chi connectivity index (χ0n) is 29.2. The Labute approximate surface area is 293 Å². The molecule has 1 atom stereocenters. The Morgan fingerprint density at radius 3 is 1.98 bits per heavy atom. The molecule has 1 amide bonds. The molecule has 6 rings (SSSR count). The van der Waals surface area contributed by atoms with E-state index in [1.54, 1.807) is 12.1 Å². The van der Waals surface area contributed by atoms with Crippen molar-refractivity contribution in [3.05, 3.63) is 119 Å². The number of alkyl carbamates (subject to hydrolysis) is 1. The summed E-state index contributed by atoms with van der Waals surface area (Å²) in [6.07, 6.45) is 1.88. The summed E-state index contributed by atoms with van der Waals surface area (Å²) in [6, 6.07) is 21.9. The number of fused-ring (bicyclic) bond motifs is 4. The number of rotatable bonds is 11. The number of carboxylic acids is 1. The summed E-state index contributed by atoms with van der Waals surface area (Å²) >= 11 is 0. The van der Waals surface area contributed by atoms with Crippen LogP contribution in [0.3, 0.4) is 0 Å². The minimum Gasteiger partial charge on any atom is -0.480 e. The molecule has 10 heteroatoms. The van der Waals surface area contributed by atoms with Gasteiger partial charge in [-0.3, -0.25) is 0 Å². The van der Waals surface area contributed by atoms with E-state index in [9.17, 15) is 23.1 Å². The molecule has 9 nitrogen and oxygen atoms in total. The van der Waals surface area contributed by atoms with Crippen LogP contribution in [0.25, 0.3) is 22.2 Å². The van der Waals surface area contributed by atoms with Gasteiger partial charge in [-0.25, -0.2) is 27.0 Å². The van der Waals surface area contributed by atoms with Crippen molar-refractivity contribution in [1.82, 2.24) is 14.3 Å². The quantitative estimate of drug-likeness (QED) is 0.143. The van der Waals surface area contributed by atoms with Crippen LogP contribution in [-0.2, 0) is 26.0 Å². The predicted octanol–water partition coefficient (Wildman–Crippen LogP) is 8.18. The molecule has 0 unspecified atom stereocenters. The van der Waals surface area contributed by atoms with Gasteiger partial charge >= 0.3 is 12.1 Å². The molecule has 50 heavy (non-hydrogen) atoms. The predicted molar refractivity (Wildman–Crippen MR) is 194 cm³/mol. The molecule has 1 aliphatic rings. The van der Waals surface area contributed by atoms with Crippen molar-refractivity contribution in [2.24, 2.45) is 0 Å². The van der Waals surface area contributed by atoms with E-state index in [2.05, 4.69) is 24.1 Å². The number of carbonyl (C=O) groups excluding carboxylic acids is 1. The maximum atomic E-state index is 14.7. The van der Waals surface area contributed by atoms with Gasteiger partial charge in [0.2, 0.25) is 0 Å². The van der Waals surface area contributed by atoms with Crippen LogP contribution >= 0.6 is 0 Å². The van der Waals surface area contributed by atoms with Gasteiger partial charge in [0.05, 0.1) is 4.90 Å². The van der Waals surface area contributed by atoms with E-state index in [1.165, 1.54) is 12.4 Å². The number of aliphatic carboxylic acids is 1. The molecule has 2 aromatic heterocycles. The van der Waals surface area contributed by atoms with Gasteiger partial charge in [0.1, 0.15) is 12.6 Å². The molecule has 260 valence electrons. The van der Waals surface area contributed by atoms with Gasteiger partial charge < -0.3 is 15.2 Å². The summed E-state index contributed by atoms with van der Waals surface area (Å²) in [5.74, 6) is -1.42. The smallest absolute Gasteiger partial charge is 0.407 e. The number of nitrogens with zero attached hydrogens (tertiary/aromatic N) is 2. The second-order valence-electron chi connectivity index (χ2n) is 13.9. The van der Waals surface area contributed by atoms with Crippen molar-refractivity contribution in [3.8, 4) is 11.1 Å². The molecule has 0 radical (unpaired) electrons. The fourth-order valence-electron chi connectivity index (χ4n) is 6.93. The largest absolute Gasteiger partial charge is 0.480 e. The van der Waals surface area contributed by atoms with Crippen molar-refractivity contribution in [1.29, 1.82) is 0 Å². The number of benzene rings is 3. The molecule has 0 bridgehead atoms. The summed E-state index contributed by atoms with van der Waals surface area (Å²) < 4.78 is 36.2. The van der Waals surface area contributed by atoms with E-state index >= 15 is 0 Å². The first-order valence-corrected chi connectivity index (χ1v) is 18.5. The summed E-state index contributed by atoms with van der Waals surface area (Å²) in [7, 11) is -4.19. The van der Waals surface area contributed by atoms with Crippen LogP contribution in [0.5, 0.6) is 0 Å². The highest BCUT2D eigenvalue weighted by Gasteiger charge is 2.33. The Bertz CT molecular complexity index is 2130. The lowest BCUT2D eigenvalue weighted by Crippen LogP contribution is -2.42. The third-order valence-electron chi connectivity index (χ3n) is 9.57. The second-order valence-corrected chi connectivity index (χ2v) is 15.6. The summed E-state index contributed by atoms with van der Waals surface area (Å²) in [5.41, 5.74) is 7.35. The van der Waals surface area contributed by atoms with Gasteiger partial charge in [-0.1, -0.05) is 102 Å². The number of hydrogen-bond acceptors (Lipinski definition) is 6. The number of amides is 1. The summed E-state index contributed by atoms with van der Waals surface area (Å²) in [4.78, 5) is 30.3. The normalized spacial score (nSPS) is 13.5. The minimum atomic E-state index is -4.19. The van der Waals surface area contributed by atoms with E-state index in [0.29, 0.717) is 10.9 Å². The van der Waals surface area contributed by atoms with E-state index in [-0.39, 0.29) is 47.2 Å². The molecule has 0 aliphatic heterocycles. The van der Waals surface area contributed by atoms with Gasteiger partial charge in [0.15, 0.2) is 5.65 Å². The van der Waals surface area contributed by atoms with E-state index in [4.69, 9.17) is 4.74 Å². The molecule has 2 N–H and O–H groups in total. The first kappa shape index (κ1) is 34.9. The molecule has 0 fully saturated rings. The first-order chi connectivity index (χ1) is 23.8. The van der Waals surface area contributed by atoms with Gasteiger partial charge in [-0.2, -0.15) is 0 Å². The zero-order valence-corrected chi connectivity index (χ0v) is 30.0. The van der Waals surface area contributed by atoms with Crippen molar-refractivity contribution < 1.29 is 27.9 Å². The highest BCUT2D eigenvalue weighted by molar-refractivity contribution is 7.90. The maximum Gasteiger partial charge on any atom is 0.407 e. The molecular formula is C40H43N3O6S. The molecular weight excluding hydrogens is 651 g/mol. The fraction of sp³-hybridized carbons (Fsp3) is 0.325. The van der Waals surface area contributed by atoms with Gasteiger partial charge in [0, 0.05) is 30.1 Å². The number of hydrogen-bond donors (Lipinski definition) is 2. The van der Waals surface area contributed by atoms with Crippen LogP contribution < -0.4 is 5.32 Å². The van der Waals surface area contributed by atoms with Crippen molar-refractivity contribution in [2.45, 2.75) is 82.6 Å². The number of nitrogens with one attached hydrogen (secondary N) is 1. The van der Waals surface area contributed by atoms with E-state index < -0.39 is 28.1 Å². The monoisotopic (exact) mass is 693 g/mol. The molecule has 0 saturated carbocycles. The number of aromatic nitrogens is 2. The second kappa shape index (κ2) is 13.7. The van der Waals surface area contributed by atoms with Gasteiger partial charge in [-0.15, -0.1) is 0 Å². The van der Waals surface area contributed by atoms with Crippen molar-refractivity contribution >= 4 is 33.1 Å². The highest BCUT2D eigenvalue weighted by Crippen LogP contribution is 2.44. The number of ether oxygens (including phenoxy) is 1. The Morgan fingerprint density at radius 2 is 1.44 bits per heavy atom. The van der Waals surface area contributed by atoms with Crippen molar-refractivity contribution in [2.75, 3.05) is 6.61 Å². The van der Waals surface area contributed by atoms with Gasteiger partial charge in [-0.05, 0) is 74.4 Å². The number of carboxylic acid groups (broad SMARTS) is 1. The topological polar surface area (TPSA) is 128 Å². The average molecular weight is 694 g/mol. The Kier molecular flexibility index (Phi) is 9.59. The molecule has 0 saturated heterocycles. The average Bonchev–Trinajstić information content (AvgIpc) is 3.62. The minimum absolute atomic E-state index is 0.0274. The number of carbonyl (C=O) groups is 2. The highest BCUT2D eigenvalue weighted by atomic mass is 32.2. The Morgan fingerprint density at radius 1 is 0.860 bits per heavy atom. The van der Waals surface area contributed by atoms with Crippen LogP contribution in [0.15, 0.2) is 90.1 Å². The van der Waals surface area contributed by atoms with Crippen LogP contribution in [0.2, 0.25) is 0 Å². The summed E-state index contributed by atoms with van der Waals surface area (Å²) in [5, 5.41) is 13.2. The Balaban J connectivity index is 1.30. The van der Waals surface area contributed by atoms with E-state index in [0.717, 1.165) is 42.9 Å². The SMILES string of the molecule is CC(C)c1cc(C(C)C)c(S(=O)(=O)n2cc(C[C@H](NC(=O)OCC3c4ccccc4-c4ccccc43)C(=O)O)c3cccnc32)c(C(C)C)c1. The maximum absolute atomic E-state index is 14.7. The molecule has 1 aliphatic carbocycles.